The first kappa shape index (κ1) is 19.8. The van der Waals surface area contributed by atoms with Crippen molar-refractivity contribution in [2.75, 3.05) is 0 Å². The zero-order valence-electron chi connectivity index (χ0n) is 16.1. The summed E-state index contributed by atoms with van der Waals surface area (Å²) in [6, 6.07) is 18.7. The molecule has 0 fully saturated rings. The Morgan fingerprint density at radius 3 is 2.52 bits per heavy atom. The van der Waals surface area contributed by atoms with Crippen LogP contribution in [0.3, 0.4) is 0 Å². The molecule has 2 N–H and O–H groups in total. The molecule has 5 heteroatoms. The Labute approximate surface area is 180 Å². The molecule has 3 aromatic carbocycles. The predicted octanol–water partition coefficient (Wildman–Crippen LogP) is 6.39. The molecule has 1 amide bonds. The van der Waals surface area contributed by atoms with Gasteiger partial charge < -0.3 is 10.3 Å². The molecule has 1 aromatic heterocycles. The van der Waals surface area contributed by atoms with E-state index in [-0.39, 0.29) is 0 Å². The molecule has 0 aliphatic carbocycles. The first-order valence-corrected chi connectivity index (χ1v) is 10.4. The Bertz CT molecular complexity index is 1210. The largest absolute Gasteiger partial charge is 0.366 e. The van der Waals surface area contributed by atoms with Crippen molar-refractivity contribution in [3.8, 4) is 0 Å². The van der Waals surface area contributed by atoms with Gasteiger partial charge in [0.2, 0.25) is 5.91 Å². The van der Waals surface area contributed by atoms with E-state index in [2.05, 4.69) is 23.6 Å². The minimum absolute atomic E-state index is 0.450. The van der Waals surface area contributed by atoms with Crippen LogP contribution in [0.5, 0.6) is 0 Å². The Hall–Kier alpha value is -2.49. The number of carbonyl (C=O) groups excluding carboxylic acids is 1. The van der Waals surface area contributed by atoms with Gasteiger partial charge in [0.1, 0.15) is 0 Å². The molecule has 0 aliphatic rings. The molecule has 0 spiro atoms. The van der Waals surface area contributed by atoms with Gasteiger partial charge in [-0.15, -0.1) is 0 Å². The zero-order valence-corrected chi connectivity index (χ0v) is 17.6. The highest BCUT2D eigenvalue weighted by molar-refractivity contribution is 6.36. The minimum Gasteiger partial charge on any atom is -0.366 e. The van der Waals surface area contributed by atoms with Gasteiger partial charge in [-0.3, -0.25) is 4.79 Å². The van der Waals surface area contributed by atoms with E-state index in [1.807, 2.05) is 36.4 Å². The van der Waals surface area contributed by atoms with Gasteiger partial charge in [-0.05, 0) is 54.8 Å². The molecule has 0 saturated heterocycles. The summed E-state index contributed by atoms with van der Waals surface area (Å²) in [4.78, 5) is 12.1. The van der Waals surface area contributed by atoms with Crippen LogP contribution in [0, 0.1) is 6.07 Å². The van der Waals surface area contributed by atoms with Crippen LogP contribution in [0.1, 0.15) is 41.3 Å². The lowest BCUT2D eigenvalue weighted by Gasteiger charge is -2.12. The van der Waals surface area contributed by atoms with E-state index in [0.29, 0.717) is 22.2 Å². The van der Waals surface area contributed by atoms with Crippen LogP contribution in [-0.4, -0.2) is 10.5 Å². The molecule has 29 heavy (non-hydrogen) atoms. The third-order valence-electron chi connectivity index (χ3n) is 5.32. The number of halogens is 2. The first-order valence-electron chi connectivity index (χ1n) is 9.69. The molecule has 147 valence electrons. The predicted molar refractivity (Wildman–Crippen MR) is 121 cm³/mol. The second kappa shape index (κ2) is 8.10. The van der Waals surface area contributed by atoms with Gasteiger partial charge >= 0.3 is 0 Å². The van der Waals surface area contributed by atoms with E-state index in [4.69, 9.17) is 28.9 Å². The summed E-state index contributed by atoms with van der Waals surface area (Å²) in [5.74, 6) is -0.450. The quantitative estimate of drug-likeness (QED) is 0.383. The van der Waals surface area contributed by atoms with Gasteiger partial charge in [0.25, 0.3) is 0 Å². The Morgan fingerprint density at radius 1 is 1.10 bits per heavy atom. The average Bonchev–Trinajstić information content (AvgIpc) is 3.02. The molecule has 0 atom stereocenters. The number of rotatable bonds is 6. The maximum absolute atomic E-state index is 12.1. The lowest BCUT2D eigenvalue weighted by atomic mass is 10.0. The normalized spacial score (nSPS) is 11.4. The highest BCUT2D eigenvalue weighted by atomic mass is 35.5. The number of unbranched alkanes of at least 4 members (excludes halogenated alkanes) is 1. The Morgan fingerprint density at radius 2 is 1.83 bits per heavy atom. The maximum atomic E-state index is 12.1. The molecule has 0 saturated carbocycles. The summed E-state index contributed by atoms with van der Waals surface area (Å²) in [5, 5.41) is 2.94. The number of nitrogens with two attached hydrogens (primary N) is 1. The first-order chi connectivity index (χ1) is 14.0. The van der Waals surface area contributed by atoms with Crippen LogP contribution >= 0.6 is 23.2 Å². The third-order valence-corrected chi connectivity index (χ3v) is 6.02. The van der Waals surface area contributed by atoms with Crippen molar-refractivity contribution in [1.29, 1.82) is 0 Å². The van der Waals surface area contributed by atoms with Crippen LogP contribution in [-0.2, 0) is 13.0 Å². The van der Waals surface area contributed by atoms with E-state index >= 15 is 0 Å². The van der Waals surface area contributed by atoms with E-state index in [1.165, 1.54) is 5.56 Å². The van der Waals surface area contributed by atoms with Crippen molar-refractivity contribution in [1.82, 2.24) is 4.57 Å². The summed E-state index contributed by atoms with van der Waals surface area (Å²) in [7, 11) is 0. The van der Waals surface area contributed by atoms with Crippen molar-refractivity contribution in [3.05, 3.63) is 81.3 Å². The van der Waals surface area contributed by atoms with Gasteiger partial charge in [0.05, 0.1) is 17.6 Å². The number of benzene rings is 3. The average molecular weight is 424 g/mol. The second-order valence-corrected chi connectivity index (χ2v) is 8.04. The van der Waals surface area contributed by atoms with E-state index in [9.17, 15) is 4.79 Å². The minimum atomic E-state index is -0.450. The number of carbonyl (C=O) groups is 1. The number of amides is 1. The fourth-order valence-electron chi connectivity index (χ4n) is 3.84. The van der Waals surface area contributed by atoms with Gasteiger partial charge in [0.15, 0.2) is 0 Å². The van der Waals surface area contributed by atoms with Crippen molar-refractivity contribution < 1.29 is 4.79 Å². The topological polar surface area (TPSA) is 48.0 Å². The molecule has 1 radical (unpaired) electrons. The Balaban J connectivity index is 2.01. The summed E-state index contributed by atoms with van der Waals surface area (Å²) in [6.45, 7) is 2.67. The number of nitrogens with zero attached hydrogens (tertiary/aromatic N) is 1. The van der Waals surface area contributed by atoms with Crippen molar-refractivity contribution >= 4 is 50.9 Å². The van der Waals surface area contributed by atoms with Crippen LogP contribution in [0.2, 0.25) is 10.0 Å². The van der Waals surface area contributed by atoms with Gasteiger partial charge in [-0.25, -0.2) is 0 Å². The fraction of sp³-hybridized carbons (Fsp3) is 0.208. The zero-order chi connectivity index (χ0) is 20.5. The highest BCUT2D eigenvalue weighted by Crippen LogP contribution is 2.35. The molecule has 4 rings (SSSR count). The van der Waals surface area contributed by atoms with Crippen molar-refractivity contribution in [2.45, 2.75) is 32.7 Å². The van der Waals surface area contributed by atoms with Crippen LogP contribution in [0.15, 0.2) is 48.5 Å². The Kier molecular flexibility index (Phi) is 5.53. The number of hydrogen-bond donors (Lipinski definition) is 1. The fourth-order valence-corrected chi connectivity index (χ4v) is 4.36. The smallest absolute Gasteiger partial charge is 0.249 e. The summed E-state index contributed by atoms with van der Waals surface area (Å²) in [5.41, 5.74) is 10.1. The summed E-state index contributed by atoms with van der Waals surface area (Å²) in [6.07, 6.45) is 3.23. The molecule has 4 aromatic rings. The summed E-state index contributed by atoms with van der Waals surface area (Å²) >= 11 is 12.9. The van der Waals surface area contributed by atoms with Gasteiger partial charge in [-0.1, -0.05) is 54.7 Å². The van der Waals surface area contributed by atoms with Crippen LogP contribution in [0.25, 0.3) is 21.8 Å². The number of aryl methyl sites for hydroxylation is 1. The standard InChI is InChI=1S/C24H21Cl2N2O/c1-2-3-6-15-11-12-16-22(13-15)28(14-18-19(25)8-5-9-20(18)26)21-10-4-7-17(23(16)21)24(27)29/h4-5,7-11,13H,2-3,6,14H2,1H3,(H2,27,29). The third kappa shape index (κ3) is 3.61. The molecule has 3 nitrogen and oxygen atoms in total. The molecule has 1 heterocycles. The van der Waals surface area contributed by atoms with Crippen molar-refractivity contribution in [3.63, 3.8) is 0 Å². The van der Waals surface area contributed by atoms with Crippen LogP contribution < -0.4 is 5.73 Å². The van der Waals surface area contributed by atoms with Gasteiger partial charge in [-0.2, -0.15) is 0 Å². The monoisotopic (exact) mass is 423 g/mol. The lowest BCUT2D eigenvalue weighted by Crippen LogP contribution is -2.11. The van der Waals surface area contributed by atoms with Crippen LogP contribution in [0.4, 0.5) is 0 Å². The van der Waals surface area contributed by atoms with Crippen molar-refractivity contribution in [2.24, 2.45) is 5.73 Å². The lowest BCUT2D eigenvalue weighted by molar-refractivity contribution is 0.100. The molecular formula is C24H21Cl2N2O. The second-order valence-electron chi connectivity index (χ2n) is 7.22. The number of primary amides is 1. The van der Waals surface area contributed by atoms with Gasteiger partial charge in [0, 0.05) is 31.9 Å². The maximum Gasteiger partial charge on any atom is 0.249 e. The van der Waals surface area contributed by atoms with E-state index < -0.39 is 5.91 Å². The number of fused-ring (bicyclic) bond motifs is 3. The highest BCUT2D eigenvalue weighted by Gasteiger charge is 2.18. The SMILES string of the molecule is CCCCc1c[c]c2c3c(C(N)=O)cccc3n(Cc3c(Cl)cccc3Cl)c2c1. The van der Waals surface area contributed by atoms with E-state index in [0.717, 1.165) is 46.6 Å². The molecule has 0 aliphatic heterocycles. The van der Waals surface area contributed by atoms with E-state index in [1.54, 1.807) is 6.07 Å². The summed E-state index contributed by atoms with van der Waals surface area (Å²) < 4.78 is 2.15. The number of aromatic nitrogens is 1. The molecule has 0 bridgehead atoms. The molecule has 0 unspecified atom stereocenters. The molecular weight excluding hydrogens is 403 g/mol. The number of hydrogen-bond acceptors (Lipinski definition) is 1.